The number of carbonyl (C=O) groups is 1. The SMILES string of the molecule is CCCCCCCCCCCCCCCCCCCCCCCCCCCCCCOC(C)(O)C(OCCCCCCCCCCCCCCCCCCCCCCCCCCCCCC)(OCCCCCCCCCCCCCCCCCCCCCCCCCCCCCC)N(CC[P+](=O)[O-])C(=O)C(O)CCCCCCCCCCCCCCCCCCCCCCC. The van der Waals surface area contributed by atoms with Crippen LogP contribution in [0.1, 0.15) is 715 Å². The zero-order chi connectivity index (χ0) is 93.9. The van der Waals surface area contributed by atoms with Gasteiger partial charge in [0, 0.05) is 0 Å². The van der Waals surface area contributed by atoms with Crippen LogP contribution in [-0.2, 0) is 23.6 Å². The van der Waals surface area contributed by atoms with E-state index in [0.29, 0.717) is 19.3 Å². The third-order valence-electron chi connectivity index (χ3n) is 29.6. The molecule has 130 heavy (non-hydrogen) atoms. The fraction of sp³-hybridized carbons (Fsp3) is 0.992. The Morgan fingerprint density at radius 2 is 0.369 bits per heavy atom. The number of aliphatic hydroxyl groups excluding tert-OH is 1. The van der Waals surface area contributed by atoms with Crippen LogP contribution in [0.4, 0.5) is 0 Å². The second-order valence-electron chi connectivity index (χ2n) is 42.7. The van der Waals surface area contributed by atoms with Crippen molar-refractivity contribution >= 4 is 13.9 Å². The van der Waals surface area contributed by atoms with E-state index in [4.69, 9.17) is 14.2 Å². The Balaban J connectivity index is 5.70. The first-order chi connectivity index (χ1) is 64.1. The third-order valence-corrected chi connectivity index (χ3v) is 30.1. The number of unbranched alkanes of at least 4 members (excludes halogenated alkanes) is 101. The van der Waals surface area contributed by atoms with Gasteiger partial charge in [0.25, 0.3) is 5.91 Å². The van der Waals surface area contributed by atoms with E-state index < -0.39 is 31.7 Å². The van der Waals surface area contributed by atoms with Gasteiger partial charge in [-0.25, -0.2) is 0 Å². The van der Waals surface area contributed by atoms with Crippen LogP contribution in [0.2, 0.25) is 0 Å². The molecule has 778 valence electrons. The van der Waals surface area contributed by atoms with Gasteiger partial charge in [-0.2, -0.15) is 0 Å². The van der Waals surface area contributed by atoms with Crippen molar-refractivity contribution in [2.45, 2.75) is 733 Å². The van der Waals surface area contributed by atoms with Gasteiger partial charge in [-0.3, -0.25) is 9.69 Å². The number of nitrogens with zero attached hydrogens (tertiary/aromatic N) is 1. The van der Waals surface area contributed by atoms with E-state index in [0.717, 1.165) is 77.0 Å². The minimum Gasteiger partial charge on any atom is -0.596 e. The van der Waals surface area contributed by atoms with Gasteiger partial charge < -0.3 is 29.3 Å². The van der Waals surface area contributed by atoms with Gasteiger partial charge in [0.15, 0.2) is 6.16 Å². The van der Waals surface area contributed by atoms with Crippen molar-refractivity contribution in [3.8, 4) is 0 Å². The average molecular weight is 1860 g/mol. The third kappa shape index (κ3) is 94.9. The first-order valence-corrected chi connectivity index (χ1v) is 62.2. The first-order valence-electron chi connectivity index (χ1n) is 60.9. The highest BCUT2D eigenvalue weighted by molar-refractivity contribution is 7.36. The van der Waals surface area contributed by atoms with Crippen LogP contribution >= 0.6 is 8.03 Å². The van der Waals surface area contributed by atoms with Gasteiger partial charge in [-0.15, -0.1) is 0 Å². The fourth-order valence-electron chi connectivity index (χ4n) is 20.5. The predicted molar refractivity (Wildman–Crippen MR) is 574 cm³/mol. The molecule has 0 bridgehead atoms. The minimum atomic E-state index is -2.92. The molecule has 0 aliphatic carbocycles. The largest absolute Gasteiger partial charge is 0.596 e. The maximum absolute atomic E-state index is 15.2. The Kier molecular flexibility index (Phi) is 110. The van der Waals surface area contributed by atoms with Crippen molar-refractivity contribution in [2.24, 2.45) is 0 Å². The Bertz CT molecular complexity index is 2050. The molecule has 0 aliphatic rings. The van der Waals surface area contributed by atoms with Crippen LogP contribution in [0.3, 0.4) is 0 Å². The Morgan fingerprint density at radius 3 is 0.515 bits per heavy atom. The van der Waals surface area contributed by atoms with Crippen LogP contribution in [0, 0.1) is 0 Å². The Hall–Kier alpha value is -0.670. The number of hydrogen-bond donors (Lipinski definition) is 2. The molecular weight excluding hydrogens is 1610 g/mol. The van der Waals surface area contributed by atoms with Gasteiger partial charge in [-0.1, -0.05) is 687 Å². The average Bonchev–Trinajstić information content (AvgIpc) is 0.755. The molecule has 9 nitrogen and oxygen atoms in total. The van der Waals surface area contributed by atoms with Crippen molar-refractivity contribution in [1.29, 1.82) is 0 Å². The molecule has 0 rings (SSSR count). The summed E-state index contributed by atoms with van der Waals surface area (Å²) in [6.07, 6.45) is 138. The topological polar surface area (TPSA) is 129 Å². The normalized spacial score (nSPS) is 12.8. The molecular formula is C120H240NO8P. The van der Waals surface area contributed by atoms with E-state index in [9.17, 15) is 19.7 Å². The zero-order valence-corrected chi connectivity index (χ0v) is 90.7. The molecule has 0 heterocycles. The van der Waals surface area contributed by atoms with Gasteiger partial charge in [0.2, 0.25) is 5.79 Å². The molecule has 10 heteroatoms. The van der Waals surface area contributed by atoms with Gasteiger partial charge in [-0.05, 0) is 32.6 Å². The number of carbonyl (C=O) groups excluding carboxylic acids is 1. The zero-order valence-electron chi connectivity index (χ0n) is 89.8. The van der Waals surface area contributed by atoms with Gasteiger partial charge >= 0.3 is 13.9 Å². The van der Waals surface area contributed by atoms with E-state index in [-0.39, 0.29) is 38.9 Å². The van der Waals surface area contributed by atoms with Crippen molar-refractivity contribution in [3.63, 3.8) is 0 Å². The molecule has 2 N–H and O–H groups in total. The maximum Gasteiger partial charge on any atom is 0.310 e. The molecule has 0 saturated heterocycles. The van der Waals surface area contributed by atoms with E-state index in [1.807, 2.05) is 0 Å². The molecule has 0 radical (unpaired) electrons. The molecule has 0 aromatic carbocycles. The first kappa shape index (κ1) is 129. The summed E-state index contributed by atoms with van der Waals surface area (Å²) in [7, 11) is -2.92. The van der Waals surface area contributed by atoms with Gasteiger partial charge in [0.05, 0.1) is 26.4 Å². The monoisotopic (exact) mass is 1850 g/mol. The van der Waals surface area contributed by atoms with Crippen molar-refractivity contribution < 1.29 is 38.7 Å². The van der Waals surface area contributed by atoms with Crippen molar-refractivity contribution in [1.82, 2.24) is 4.90 Å². The van der Waals surface area contributed by atoms with E-state index in [1.165, 1.54) is 583 Å². The van der Waals surface area contributed by atoms with Crippen LogP contribution in [0.5, 0.6) is 0 Å². The van der Waals surface area contributed by atoms with Crippen LogP contribution in [0.25, 0.3) is 0 Å². The summed E-state index contributed by atoms with van der Waals surface area (Å²) in [5, 5.41) is 25.1. The molecule has 0 aromatic heterocycles. The lowest BCUT2D eigenvalue weighted by molar-refractivity contribution is -0.436. The second kappa shape index (κ2) is 110. The number of ether oxygens (including phenoxy) is 3. The summed E-state index contributed by atoms with van der Waals surface area (Å²) in [6.45, 7) is 11.1. The van der Waals surface area contributed by atoms with Crippen molar-refractivity contribution in [2.75, 3.05) is 32.5 Å². The smallest absolute Gasteiger partial charge is 0.310 e. The van der Waals surface area contributed by atoms with Crippen LogP contribution < -0.4 is 4.89 Å². The number of rotatable bonds is 118. The Labute approximate surface area is 818 Å². The molecule has 0 fully saturated rings. The molecule has 3 atom stereocenters. The van der Waals surface area contributed by atoms with E-state index in [2.05, 4.69) is 27.7 Å². The molecule has 0 aliphatic heterocycles. The molecule has 0 spiro atoms. The summed E-state index contributed by atoms with van der Waals surface area (Å²) in [5.41, 5.74) is 0. The van der Waals surface area contributed by atoms with Crippen LogP contribution in [-0.4, -0.2) is 71.3 Å². The minimum absolute atomic E-state index is 0.195. The lowest BCUT2D eigenvalue weighted by Gasteiger charge is -2.49. The lowest BCUT2D eigenvalue weighted by atomic mass is 10.0. The highest BCUT2D eigenvalue weighted by atomic mass is 31.1. The number of hydrogen-bond acceptors (Lipinski definition) is 8. The molecule has 0 saturated carbocycles. The number of aliphatic hydroxyl groups is 2. The highest BCUT2D eigenvalue weighted by Gasteiger charge is 2.59. The molecule has 3 unspecified atom stereocenters. The van der Waals surface area contributed by atoms with E-state index >= 15 is 4.79 Å². The highest BCUT2D eigenvalue weighted by Crippen LogP contribution is 2.37. The predicted octanol–water partition coefficient (Wildman–Crippen LogP) is 41.1. The fourth-order valence-corrected chi connectivity index (χ4v) is 20.8. The standard InChI is InChI=1S/C120H240NO8P/c1-6-10-14-18-22-26-30-34-38-42-46-50-53-56-59-62-65-68-72-76-80-84-88-92-96-100-104-108-113-127-119(5,124)120(128-114-109-105-101-97-93-89-85-81-77-73-69-66-63-60-57-54-51-47-43-39-35-31-27-23-19-15-11-7-2,129-115-110-106-102-98-94-90-86-82-78-74-70-67-64-61-58-55-52-48-44-40-36-32-28-24-20-16-12-8-3)121(112-116-130(125)126)118(123)117(122)111-107-103-99-95-91-87-83-79-75-71-49-45-41-37-33-29-25-21-17-13-9-4/h117,122,124H,6-116H2,1-5H3. The summed E-state index contributed by atoms with van der Waals surface area (Å²) in [4.78, 5) is 29.1. The second-order valence-corrected chi connectivity index (χ2v) is 43.8. The summed E-state index contributed by atoms with van der Waals surface area (Å²) in [5.74, 6) is -5.01. The van der Waals surface area contributed by atoms with Gasteiger partial charge in [0.1, 0.15) is 6.10 Å². The number of amides is 1. The van der Waals surface area contributed by atoms with Crippen LogP contribution in [0.15, 0.2) is 0 Å². The van der Waals surface area contributed by atoms with E-state index in [1.54, 1.807) is 6.92 Å². The lowest BCUT2D eigenvalue weighted by Crippen LogP contribution is -2.70. The Morgan fingerprint density at radius 1 is 0.238 bits per heavy atom. The summed E-state index contributed by atoms with van der Waals surface area (Å²) in [6, 6.07) is 0. The van der Waals surface area contributed by atoms with Crippen molar-refractivity contribution in [3.05, 3.63) is 0 Å². The quantitative estimate of drug-likeness (QED) is 0.0350. The summed E-state index contributed by atoms with van der Waals surface area (Å²) < 4.78 is 33.2. The summed E-state index contributed by atoms with van der Waals surface area (Å²) >= 11 is 0. The molecule has 1 amide bonds. The molecule has 0 aromatic rings. The maximum atomic E-state index is 15.2.